The molecule has 0 aromatic carbocycles. The molecule has 3 aromatic rings. The van der Waals surface area contributed by atoms with Crippen LogP contribution in [0.5, 0.6) is 0 Å². The predicted molar refractivity (Wildman–Crippen MR) is 86.5 cm³/mol. The fourth-order valence-corrected chi connectivity index (χ4v) is 3.18. The van der Waals surface area contributed by atoms with Gasteiger partial charge in [0.2, 0.25) is 0 Å². The summed E-state index contributed by atoms with van der Waals surface area (Å²) in [7, 11) is 1.79. The predicted octanol–water partition coefficient (Wildman–Crippen LogP) is 2.90. The highest BCUT2D eigenvalue weighted by molar-refractivity contribution is 7.17. The van der Waals surface area contributed by atoms with Crippen molar-refractivity contribution in [3.63, 3.8) is 0 Å². The van der Waals surface area contributed by atoms with Crippen LogP contribution in [0.25, 0.3) is 10.2 Å². The molecular formula is C14H13ClN4OS. The van der Waals surface area contributed by atoms with Gasteiger partial charge in [-0.15, -0.1) is 11.3 Å². The minimum Gasteiger partial charge on any atom is -0.373 e. The standard InChI is InChI=1S/C14H13ClN4OS/c1-8-6-21-13-12(8)17-7-19(14(13)20)5-10-9(15)3-4-11(16-2)18-10/h3-4,6-7H,5H2,1-2H3,(H,16,18). The van der Waals surface area contributed by atoms with Crippen molar-refractivity contribution >= 4 is 39.0 Å². The van der Waals surface area contributed by atoms with Gasteiger partial charge in [-0.25, -0.2) is 9.97 Å². The SMILES string of the molecule is CNc1ccc(Cl)c(Cn2cnc3c(C)csc3c2=O)n1. The van der Waals surface area contributed by atoms with Crippen LogP contribution >= 0.6 is 22.9 Å². The normalized spacial score (nSPS) is 11.0. The molecule has 0 spiro atoms. The van der Waals surface area contributed by atoms with Gasteiger partial charge in [-0.1, -0.05) is 11.6 Å². The van der Waals surface area contributed by atoms with Gasteiger partial charge < -0.3 is 5.32 Å². The van der Waals surface area contributed by atoms with E-state index in [1.165, 1.54) is 15.9 Å². The largest absolute Gasteiger partial charge is 0.373 e. The third-order valence-corrected chi connectivity index (χ3v) is 4.64. The number of aromatic nitrogens is 3. The van der Waals surface area contributed by atoms with Crippen LogP contribution in [0.15, 0.2) is 28.6 Å². The van der Waals surface area contributed by atoms with Crippen molar-refractivity contribution in [1.82, 2.24) is 14.5 Å². The first-order valence-corrected chi connectivity index (χ1v) is 7.62. The summed E-state index contributed by atoms with van der Waals surface area (Å²) in [5.41, 5.74) is 2.36. The molecule has 0 atom stereocenters. The Morgan fingerprint density at radius 2 is 2.24 bits per heavy atom. The zero-order chi connectivity index (χ0) is 15.0. The van der Waals surface area contributed by atoms with Crippen LogP contribution in [0.3, 0.4) is 0 Å². The number of thiophene rings is 1. The number of halogens is 1. The molecule has 21 heavy (non-hydrogen) atoms. The Morgan fingerprint density at radius 3 is 3.00 bits per heavy atom. The van der Waals surface area contributed by atoms with E-state index < -0.39 is 0 Å². The molecule has 0 amide bonds. The second kappa shape index (κ2) is 5.46. The second-order valence-electron chi connectivity index (χ2n) is 4.65. The van der Waals surface area contributed by atoms with Crippen LogP contribution in [0.4, 0.5) is 5.82 Å². The molecular weight excluding hydrogens is 308 g/mol. The number of fused-ring (bicyclic) bond motifs is 1. The summed E-state index contributed by atoms with van der Waals surface area (Å²) in [5, 5.41) is 5.43. The van der Waals surface area contributed by atoms with Crippen LogP contribution in [0.2, 0.25) is 5.02 Å². The summed E-state index contributed by atoms with van der Waals surface area (Å²) in [5.74, 6) is 0.712. The van der Waals surface area contributed by atoms with Crippen LogP contribution in [0, 0.1) is 6.92 Å². The molecule has 3 heterocycles. The van der Waals surface area contributed by atoms with Gasteiger partial charge in [0.1, 0.15) is 10.5 Å². The molecule has 7 heteroatoms. The van der Waals surface area contributed by atoms with E-state index >= 15 is 0 Å². The molecule has 1 N–H and O–H groups in total. The summed E-state index contributed by atoms with van der Waals surface area (Å²) in [6, 6.07) is 3.56. The number of nitrogens with one attached hydrogen (secondary N) is 1. The molecule has 0 radical (unpaired) electrons. The van der Waals surface area contributed by atoms with E-state index in [1.54, 1.807) is 25.5 Å². The monoisotopic (exact) mass is 320 g/mol. The first-order valence-electron chi connectivity index (χ1n) is 6.36. The van der Waals surface area contributed by atoms with Crippen LogP contribution < -0.4 is 10.9 Å². The lowest BCUT2D eigenvalue weighted by Crippen LogP contribution is -2.21. The van der Waals surface area contributed by atoms with Crippen molar-refractivity contribution in [2.24, 2.45) is 0 Å². The van der Waals surface area contributed by atoms with E-state index in [0.29, 0.717) is 27.8 Å². The summed E-state index contributed by atoms with van der Waals surface area (Å²) in [6.45, 7) is 2.25. The molecule has 5 nitrogen and oxygen atoms in total. The van der Waals surface area contributed by atoms with Crippen molar-refractivity contribution in [2.45, 2.75) is 13.5 Å². The second-order valence-corrected chi connectivity index (χ2v) is 5.94. The van der Waals surface area contributed by atoms with Gasteiger partial charge in [-0.3, -0.25) is 9.36 Å². The Bertz CT molecular complexity index is 871. The molecule has 0 fully saturated rings. The lowest BCUT2D eigenvalue weighted by molar-refractivity contribution is 0.732. The fourth-order valence-electron chi connectivity index (χ4n) is 2.07. The highest BCUT2D eigenvalue weighted by Crippen LogP contribution is 2.20. The van der Waals surface area contributed by atoms with Crippen molar-refractivity contribution in [2.75, 3.05) is 12.4 Å². The Morgan fingerprint density at radius 1 is 1.43 bits per heavy atom. The minimum absolute atomic E-state index is 0.0640. The third kappa shape index (κ3) is 2.52. The van der Waals surface area contributed by atoms with Crippen LogP contribution in [-0.2, 0) is 6.54 Å². The minimum atomic E-state index is -0.0640. The Balaban J connectivity index is 2.06. The average molecular weight is 321 g/mol. The van der Waals surface area contributed by atoms with Crippen molar-refractivity contribution in [3.8, 4) is 0 Å². The highest BCUT2D eigenvalue weighted by Gasteiger charge is 2.11. The first-order chi connectivity index (χ1) is 10.1. The van der Waals surface area contributed by atoms with Gasteiger partial charge in [0.05, 0.1) is 29.1 Å². The van der Waals surface area contributed by atoms with E-state index in [4.69, 9.17) is 11.6 Å². The van der Waals surface area contributed by atoms with Crippen molar-refractivity contribution in [1.29, 1.82) is 0 Å². The van der Waals surface area contributed by atoms with Gasteiger partial charge in [-0.2, -0.15) is 0 Å². The summed E-state index contributed by atoms with van der Waals surface area (Å²) in [6.07, 6.45) is 1.55. The molecule has 0 saturated carbocycles. The zero-order valence-corrected chi connectivity index (χ0v) is 13.1. The van der Waals surface area contributed by atoms with Gasteiger partial charge in [0, 0.05) is 7.05 Å². The smallest absolute Gasteiger partial charge is 0.271 e. The van der Waals surface area contributed by atoms with Crippen LogP contribution in [-0.4, -0.2) is 21.6 Å². The fraction of sp³-hybridized carbons (Fsp3) is 0.214. The molecule has 3 aromatic heterocycles. The summed E-state index contributed by atoms with van der Waals surface area (Å²) in [4.78, 5) is 21.2. The zero-order valence-electron chi connectivity index (χ0n) is 11.6. The average Bonchev–Trinajstić information content (AvgIpc) is 2.86. The molecule has 3 rings (SSSR count). The maximum Gasteiger partial charge on any atom is 0.271 e. The quantitative estimate of drug-likeness (QED) is 0.806. The van der Waals surface area contributed by atoms with Crippen molar-refractivity contribution < 1.29 is 0 Å². The maximum atomic E-state index is 12.5. The van der Waals surface area contributed by atoms with Crippen molar-refractivity contribution in [3.05, 3.63) is 50.5 Å². The number of hydrogen-bond acceptors (Lipinski definition) is 5. The van der Waals surface area contributed by atoms with Gasteiger partial charge in [0.25, 0.3) is 5.56 Å². The van der Waals surface area contributed by atoms with Gasteiger partial charge in [0.15, 0.2) is 0 Å². The van der Waals surface area contributed by atoms with E-state index in [0.717, 1.165) is 11.1 Å². The lowest BCUT2D eigenvalue weighted by atomic mass is 10.3. The Kier molecular flexibility index (Phi) is 3.65. The third-order valence-electron chi connectivity index (χ3n) is 3.22. The Hall–Kier alpha value is -1.92. The first kappa shape index (κ1) is 14.0. The molecule has 0 aliphatic rings. The maximum absolute atomic E-state index is 12.5. The number of aryl methyl sites for hydroxylation is 1. The highest BCUT2D eigenvalue weighted by atomic mass is 35.5. The Labute approximate surface area is 130 Å². The number of nitrogens with zero attached hydrogens (tertiary/aromatic N) is 3. The van der Waals surface area contributed by atoms with E-state index in [9.17, 15) is 4.79 Å². The molecule has 0 bridgehead atoms. The molecule has 0 unspecified atom stereocenters. The molecule has 108 valence electrons. The van der Waals surface area contributed by atoms with Gasteiger partial charge >= 0.3 is 0 Å². The lowest BCUT2D eigenvalue weighted by Gasteiger charge is -2.08. The number of hydrogen-bond donors (Lipinski definition) is 1. The van der Waals surface area contributed by atoms with E-state index in [2.05, 4.69) is 15.3 Å². The van der Waals surface area contributed by atoms with E-state index in [1.807, 2.05) is 12.3 Å². The van der Waals surface area contributed by atoms with E-state index in [-0.39, 0.29) is 5.56 Å². The summed E-state index contributed by atoms with van der Waals surface area (Å²) >= 11 is 7.57. The summed E-state index contributed by atoms with van der Waals surface area (Å²) < 4.78 is 2.20. The topological polar surface area (TPSA) is 59.8 Å². The number of anilines is 1. The number of pyridine rings is 1. The molecule has 0 aliphatic heterocycles. The van der Waals surface area contributed by atoms with Crippen LogP contribution in [0.1, 0.15) is 11.3 Å². The van der Waals surface area contributed by atoms with Gasteiger partial charge in [-0.05, 0) is 30.0 Å². The molecule has 0 saturated heterocycles. The molecule has 0 aliphatic carbocycles. The number of rotatable bonds is 3.